The van der Waals surface area contributed by atoms with Gasteiger partial charge in [-0.15, -0.1) is 11.8 Å². The Balaban J connectivity index is 1.93. The van der Waals surface area contributed by atoms with E-state index in [1.54, 1.807) is 12.0 Å². The van der Waals surface area contributed by atoms with Crippen LogP contribution in [0.4, 0.5) is 5.82 Å². The van der Waals surface area contributed by atoms with Crippen molar-refractivity contribution >= 4 is 29.4 Å². The fourth-order valence-electron chi connectivity index (χ4n) is 4.54. The summed E-state index contributed by atoms with van der Waals surface area (Å²) < 4.78 is 7.66. The Kier molecular flexibility index (Phi) is 8.47. The van der Waals surface area contributed by atoms with E-state index in [0.717, 1.165) is 34.7 Å². The van der Waals surface area contributed by atoms with Crippen molar-refractivity contribution in [2.45, 2.75) is 31.6 Å². The number of nitrogens with one attached hydrogen (secondary N) is 1. The lowest BCUT2D eigenvalue weighted by atomic mass is 9.98. The van der Waals surface area contributed by atoms with Crippen LogP contribution < -0.4 is 15.0 Å². The zero-order valence-corrected chi connectivity index (χ0v) is 23.8. The number of rotatable bonds is 8. The number of fused-ring (bicyclic) bond motifs is 1. The van der Waals surface area contributed by atoms with Crippen molar-refractivity contribution in [3.8, 4) is 17.0 Å². The number of aromatic nitrogens is 2. The SMILES string of the molecule is COc1ccccc1C1SCC(=O)N(CC(=O)NCCN(C)C)c2c1c(-c1ccccc1)nn2C(C)(C)C. The molecule has 0 aliphatic carbocycles. The first-order chi connectivity index (χ1) is 18.1. The van der Waals surface area contributed by atoms with Crippen LogP contribution in [0.15, 0.2) is 54.6 Å². The second-order valence-electron chi connectivity index (χ2n) is 10.6. The van der Waals surface area contributed by atoms with Gasteiger partial charge in [0.25, 0.3) is 0 Å². The molecule has 0 radical (unpaired) electrons. The van der Waals surface area contributed by atoms with Crippen LogP contribution in [0, 0.1) is 0 Å². The van der Waals surface area contributed by atoms with Gasteiger partial charge in [-0.1, -0.05) is 48.5 Å². The maximum atomic E-state index is 13.7. The van der Waals surface area contributed by atoms with E-state index < -0.39 is 5.54 Å². The fraction of sp³-hybridized carbons (Fsp3) is 0.414. The van der Waals surface area contributed by atoms with Gasteiger partial charge in [-0.3, -0.25) is 14.5 Å². The van der Waals surface area contributed by atoms with Crippen molar-refractivity contribution in [2.75, 3.05) is 51.5 Å². The molecule has 3 aromatic rings. The molecule has 0 fully saturated rings. The van der Waals surface area contributed by atoms with Gasteiger partial charge in [-0.25, -0.2) is 4.68 Å². The van der Waals surface area contributed by atoms with E-state index in [4.69, 9.17) is 9.84 Å². The summed E-state index contributed by atoms with van der Waals surface area (Å²) in [5.74, 6) is 1.31. The number of nitrogens with zero attached hydrogens (tertiary/aromatic N) is 4. The highest BCUT2D eigenvalue weighted by Crippen LogP contribution is 2.50. The Morgan fingerprint density at radius 1 is 1.13 bits per heavy atom. The molecular formula is C29H37N5O3S. The number of amides is 2. The molecular weight excluding hydrogens is 498 g/mol. The minimum atomic E-state index is -0.447. The molecule has 1 atom stereocenters. The summed E-state index contributed by atoms with van der Waals surface area (Å²) in [7, 11) is 5.57. The Morgan fingerprint density at radius 3 is 2.47 bits per heavy atom. The first-order valence-electron chi connectivity index (χ1n) is 12.8. The number of hydrogen-bond donors (Lipinski definition) is 1. The van der Waals surface area contributed by atoms with Gasteiger partial charge in [0.1, 0.15) is 18.1 Å². The number of para-hydroxylation sites is 1. The van der Waals surface area contributed by atoms with Crippen molar-refractivity contribution in [3.05, 3.63) is 65.7 Å². The summed E-state index contributed by atoms with van der Waals surface area (Å²) in [6, 6.07) is 17.9. The molecule has 1 aliphatic rings. The van der Waals surface area contributed by atoms with Crippen LogP contribution in [0.25, 0.3) is 11.3 Å². The summed E-state index contributed by atoms with van der Waals surface area (Å²) in [6.07, 6.45) is 0. The third-order valence-corrected chi connectivity index (χ3v) is 7.61. The summed E-state index contributed by atoms with van der Waals surface area (Å²) in [5.41, 5.74) is 3.19. The van der Waals surface area contributed by atoms with Crippen molar-refractivity contribution in [2.24, 2.45) is 0 Å². The smallest absolute Gasteiger partial charge is 0.240 e. The van der Waals surface area contributed by atoms with E-state index in [0.29, 0.717) is 12.4 Å². The average Bonchev–Trinajstić information content (AvgIpc) is 3.22. The van der Waals surface area contributed by atoms with Gasteiger partial charge in [0.05, 0.1) is 29.3 Å². The first-order valence-corrected chi connectivity index (χ1v) is 13.8. The quantitative estimate of drug-likeness (QED) is 0.467. The molecule has 1 aliphatic heterocycles. The first kappa shape index (κ1) is 27.7. The fourth-order valence-corrected chi connectivity index (χ4v) is 5.77. The monoisotopic (exact) mass is 535 g/mol. The standard InChI is InChI=1S/C29H37N5O3S/c1-29(2,3)34-28-25(26(31-34)20-12-8-7-9-13-20)27(21-14-10-11-15-22(21)37-6)38-19-24(36)33(28)18-23(35)30-16-17-32(4)5/h7-15,27H,16-19H2,1-6H3,(H,30,35). The lowest BCUT2D eigenvalue weighted by Gasteiger charge is -2.29. The van der Waals surface area contributed by atoms with Crippen LogP contribution in [0.1, 0.15) is 37.1 Å². The predicted octanol–water partition coefficient (Wildman–Crippen LogP) is 4.16. The zero-order valence-electron chi connectivity index (χ0n) is 23.0. The van der Waals surface area contributed by atoms with E-state index in [-0.39, 0.29) is 29.4 Å². The lowest BCUT2D eigenvalue weighted by Crippen LogP contribution is -2.44. The Bertz CT molecular complexity index is 1280. The van der Waals surface area contributed by atoms with Crippen molar-refractivity contribution < 1.29 is 14.3 Å². The summed E-state index contributed by atoms with van der Waals surface area (Å²) in [5, 5.41) is 7.85. The van der Waals surface area contributed by atoms with Gasteiger partial charge in [-0.2, -0.15) is 5.10 Å². The van der Waals surface area contributed by atoms with Gasteiger partial charge in [0.15, 0.2) is 0 Å². The Morgan fingerprint density at radius 2 is 1.82 bits per heavy atom. The number of methoxy groups -OCH3 is 1. The minimum absolute atomic E-state index is 0.0749. The van der Waals surface area contributed by atoms with E-state index in [9.17, 15) is 9.59 Å². The molecule has 0 spiro atoms. The highest BCUT2D eigenvalue weighted by Gasteiger charge is 2.40. The third kappa shape index (κ3) is 5.89. The Hall–Kier alpha value is -3.30. The number of anilines is 1. The second kappa shape index (κ2) is 11.6. The molecule has 2 amide bonds. The number of benzene rings is 2. The number of ether oxygens (including phenoxy) is 1. The topological polar surface area (TPSA) is 79.7 Å². The molecule has 1 unspecified atom stereocenters. The van der Waals surface area contributed by atoms with Crippen molar-refractivity contribution in [1.82, 2.24) is 20.0 Å². The molecule has 38 heavy (non-hydrogen) atoms. The molecule has 1 aromatic heterocycles. The number of likely N-dealkylation sites (N-methyl/N-ethyl adjacent to an activating group) is 1. The molecule has 0 saturated carbocycles. The van der Waals surface area contributed by atoms with Crippen LogP contribution in [0.2, 0.25) is 0 Å². The number of hydrogen-bond acceptors (Lipinski definition) is 6. The molecule has 0 bridgehead atoms. The van der Waals surface area contributed by atoms with E-state index >= 15 is 0 Å². The van der Waals surface area contributed by atoms with Crippen LogP contribution in [-0.2, 0) is 15.1 Å². The molecule has 8 nitrogen and oxygen atoms in total. The molecule has 9 heteroatoms. The maximum Gasteiger partial charge on any atom is 0.240 e. The predicted molar refractivity (Wildman–Crippen MR) is 154 cm³/mol. The van der Waals surface area contributed by atoms with Gasteiger partial charge in [-0.05, 0) is 40.9 Å². The Labute approximate surface area is 229 Å². The molecule has 4 rings (SSSR count). The van der Waals surface area contributed by atoms with E-state index in [1.165, 1.54) is 11.8 Å². The zero-order chi connectivity index (χ0) is 27.4. The summed E-state index contributed by atoms with van der Waals surface area (Å²) in [4.78, 5) is 30.4. The van der Waals surface area contributed by atoms with Crippen molar-refractivity contribution in [1.29, 1.82) is 0 Å². The molecule has 2 heterocycles. The number of carbonyl (C=O) groups excluding carboxylic acids is 2. The average molecular weight is 536 g/mol. The second-order valence-corrected chi connectivity index (χ2v) is 11.7. The van der Waals surface area contributed by atoms with E-state index in [1.807, 2.05) is 78.3 Å². The van der Waals surface area contributed by atoms with Gasteiger partial charge >= 0.3 is 0 Å². The molecule has 2 aromatic carbocycles. The van der Waals surface area contributed by atoms with Crippen LogP contribution in [0.5, 0.6) is 5.75 Å². The normalized spacial score (nSPS) is 15.8. The molecule has 0 saturated heterocycles. The number of carbonyl (C=O) groups is 2. The van der Waals surface area contributed by atoms with Crippen LogP contribution in [0.3, 0.4) is 0 Å². The lowest BCUT2D eigenvalue weighted by molar-refractivity contribution is -0.123. The van der Waals surface area contributed by atoms with Crippen LogP contribution >= 0.6 is 11.8 Å². The molecule has 1 N–H and O–H groups in total. The third-order valence-electron chi connectivity index (χ3n) is 6.38. The van der Waals surface area contributed by atoms with Gasteiger partial charge in [0, 0.05) is 29.8 Å². The largest absolute Gasteiger partial charge is 0.496 e. The maximum absolute atomic E-state index is 13.7. The van der Waals surface area contributed by atoms with E-state index in [2.05, 4.69) is 26.1 Å². The highest BCUT2D eigenvalue weighted by molar-refractivity contribution is 8.00. The summed E-state index contributed by atoms with van der Waals surface area (Å²) in [6.45, 7) is 7.33. The van der Waals surface area contributed by atoms with Crippen LogP contribution in [-0.4, -0.2) is 73.1 Å². The van der Waals surface area contributed by atoms with Crippen molar-refractivity contribution in [3.63, 3.8) is 0 Å². The van der Waals surface area contributed by atoms with Gasteiger partial charge < -0.3 is 15.0 Å². The van der Waals surface area contributed by atoms with Gasteiger partial charge in [0.2, 0.25) is 11.8 Å². The highest BCUT2D eigenvalue weighted by atomic mass is 32.2. The number of thioether (sulfide) groups is 1. The summed E-state index contributed by atoms with van der Waals surface area (Å²) >= 11 is 1.54. The molecule has 202 valence electrons. The minimum Gasteiger partial charge on any atom is -0.496 e.